The highest BCUT2D eigenvalue weighted by atomic mass is 16.3. The third-order valence-corrected chi connectivity index (χ3v) is 2.21. The van der Waals surface area contributed by atoms with Crippen molar-refractivity contribution >= 4 is 6.29 Å². The highest BCUT2D eigenvalue weighted by molar-refractivity contribution is 5.49. The summed E-state index contributed by atoms with van der Waals surface area (Å²) in [6, 6.07) is 3.48. The highest BCUT2D eigenvalue weighted by Crippen LogP contribution is 2.23. The Balaban J connectivity index is 2.80. The molecule has 0 bridgehead atoms. The Morgan fingerprint density at radius 1 is 1.67 bits per heavy atom. The van der Waals surface area contributed by atoms with E-state index in [-0.39, 0.29) is 6.04 Å². The molecule has 0 fully saturated rings. The minimum Gasteiger partial charge on any atom is -0.303 e. The molecule has 5 heteroatoms. The van der Waals surface area contributed by atoms with Gasteiger partial charge in [-0.3, -0.25) is 9.99 Å². The average molecular weight is 213 g/mol. The van der Waals surface area contributed by atoms with Gasteiger partial charge in [-0.05, 0) is 18.1 Å². The molecule has 0 aliphatic heterocycles. The number of pyridine rings is 1. The zero-order valence-corrected chi connectivity index (χ0v) is 8.54. The monoisotopic (exact) mass is 213 g/mol. The number of nitroso groups, excluding NO2 is 1. The molecule has 1 aromatic heterocycles. The fourth-order valence-corrected chi connectivity index (χ4v) is 1.43. The van der Waals surface area contributed by atoms with E-state index < -0.39 is 0 Å². The number of nitrogens with zero attached hydrogens (tertiary/aromatic N) is 3. The Bertz CT molecular complexity index is 316. The van der Waals surface area contributed by atoms with Crippen molar-refractivity contribution in [2.75, 3.05) is 7.05 Å². The first-order chi connectivity index (χ1) is 7.29. The van der Waals surface area contributed by atoms with Crippen molar-refractivity contribution in [2.45, 2.75) is 18.9 Å². The van der Waals surface area contributed by atoms with Gasteiger partial charge in [-0.15, -0.1) is 4.91 Å². The molecule has 0 aromatic carbocycles. The second-order valence-electron chi connectivity index (χ2n) is 3.20. The van der Waals surface area contributed by atoms with E-state index in [9.17, 15) is 9.70 Å². The number of rotatable bonds is 6. The number of carbonyl (C=O) groups excluding carboxylic acids is 1. The van der Waals surface area contributed by atoms with Gasteiger partial charge in [-0.1, -0.05) is 6.07 Å². The summed E-state index contributed by atoms with van der Waals surface area (Å²) in [4.78, 5) is 24.7. The molecule has 0 radical (unpaired) electrons. The molecule has 5 nitrogen and oxygen atoms in total. The first-order valence-electron chi connectivity index (χ1n) is 4.69. The Labute approximate surface area is 88.1 Å². The van der Waals surface area contributed by atoms with Crippen LogP contribution in [0.15, 0.2) is 29.8 Å². The van der Waals surface area contributed by atoms with Crippen LogP contribution in [0.25, 0.3) is 0 Å². The highest BCUT2D eigenvalue weighted by Gasteiger charge is 2.16. The molecule has 1 rings (SSSR count). The van der Waals surface area contributed by atoms with Crippen molar-refractivity contribution in [3.8, 4) is 0 Å². The van der Waals surface area contributed by atoms with Gasteiger partial charge in [0.15, 0.2) is 0 Å². The molecule has 0 aliphatic rings. The molecule has 0 N–H and O–H groups in total. The second kappa shape index (κ2) is 5.85. The summed E-state index contributed by atoms with van der Waals surface area (Å²) in [7, 11) is 1.59. The second-order valence-corrected chi connectivity index (χ2v) is 3.20. The van der Waals surface area contributed by atoms with Crippen LogP contribution in [-0.2, 0) is 4.79 Å². The molecule has 1 aromatic rings. The summed E-state index contributed by atoms with van der Waals surface area (Å²) < 4.78 is 0. The van der Waals surface area contributed by atoms with Crippen LogP contribution in [-0.4, -0.2) is 23.3 Å². The van der Waals surface area contributed by atoms with Gasteiger partial charge < -0.3 is 4.79 Å². The molecular weight excluding hydrogens is 200 g/mol. The van der Waals surface area contributed by atoms with E-state index in [1.165, 1.54) is 5.01 Å². The first kappa shape index (κ1) is 11.3. The lowest BCUT2D eigenvalue weighted by molar-refractivity contribution is -0.108. The van der Waals surface area contributed by atoms with E-state index in [1.54, 1.807) is 25.5 Å². The van der Waals surface area contributed by atoms with Gasteiger partial charge >= 0.3 is 0 Å². The van der Waals surface area contributed by atoms with E-state index in [4.69, 9.17) is 0 Å². The summed E-state index contributed by atoms with van der Waals surface area (Å²) in [5, 5.41) is 4.16. The third-order valence-electron chi connectivity index (χ3n) is 2.21. The van der Waals surface area contributed by atoms with Gasteiger partial charge in [0.25, 0.3) is 0 Å². The largest absolute Gasteiger partial charge is 0.303 e. The maximum Gasteiger partial charge on any atom is 0.120 e. The van der Waals surface area contributed by atoms with Gasteiger partial charge in [0.2, 0.25) is 0 Å². The van der Waals surface area contributed by atoms with Gasteiger partial charge in [0, 0.05) is 25.9 Å². The predicted octanol–water partition coefficient (Wildman–Crippen LogP) is 1.71. The van der Waals surface area contributed by atoms with Crippen molar-refractivity contribution in [2.24, 2.45) is 5.29 Å². The smallest absolute Gasteiger partial charge is 0.120 e. The van der Waals surface area contributed by atoms with Crippen molar-refractivity contribution < 1.29 is 4.79 Å². The molecule has 0 spiro atoms. The van der Waals surface area contributed by atoms with Gasteiger partial charge in [0.05, 0.1) is 11.3 Å². The number of hydrogen-bond acceptors (Lipinski definition) is 4. The minimum atomic E-state index is -0.179. The average Bonchev–Trinajstić information content (AvgIpc) is 2.30. The van der Waals surface area contributed by atoms with Gasteiger partial charge in [-0.25, -0.2) is 0 Å². The SMILES string of the molecule is [13CH3]N(N=O)C(CCC=O)[13c]1[13cH][13cH][13cH]n[13cH]1. The fraction of sp³-hybridized carbons (Fsp3) is 0.400. The maximum atomic E-state index is 10.4. The van der Waals surface area contributed by atoms with E-state index in [1.807, 2.05) is 6.07 Å². The van der Waals surface area contributed by atoms with Crippen LogP contribution in [0, 0.1) is 4.91 Å². The van der Waals surface area contributed by atoms with Crippen LogP contribution in [0.2, 0.25) is 0 Å². The topological polar surface area (TPSA) is 62.6 Å². The minimum absolute atomic E-state index is 0.179. The molecule has 0 amide bonds. The van der Waals surface area contributed by atoms with Gasteiger partial charge in [0.1, 0.15) is 6.29 Å². The summed E-state index contributed by atoms with van der Waals surface area (Å²) >= 11 is 0. The molecule has 1 atom stereocenters. The van der Waals surface area contributed by atoms with Crippen LogP contribution in [0.4, 0.5) is 0 Å². The third kappa shape index (κ3) is 3.12. The molecule has 80 valence electrons. The Hall–Kier alpha value is -1.78. The van der Waals surface area contributed by atoms with Crippen LogP contribution < -0.4 is 0 Å². The Morgan fingerprint density at radius 2 is 2.47 bits per heavy atom. The predicted molar refractivity (Wildman–Crippen MR) is 55.8 cm³/mol. The number of carbonyl (C=O) groups is 1. The van der Waals surface area contributed by atoms with Crippen molar-refractivity contribution in [1.82, 2.24) is 9.99 Å². The number of aldehydes is 1. The number of aromatic nitrogens is 1. The van der Waals surface area contributed by atoms with Crippen LogP contribution >= 0.6 is 0 Å². The standard InChI is InChI=1S/C10H13N3O2/c1-13(12-15)10(5-3-7-14)9-4-2-6-11-8-9/h2,4,6-8,10H,3,5H2,1H3/i1+1,2+1,4+1,6+1,8+1,9+1. The fourth-order valence-electron chi connectivity index (χ4n) is 1.43. The van der Waals surface area contributed by atoms with Crippen LogP contribution in [0.1, 0.15) is 24.4 Å². The zero-order chi connectivity index (χ0) is 11.1. The lowest BCUT2D eigenvalue weighted by atomic mass is 10.2. The normalized spacial score (nSPS) is 11.8. The lowest BCUT2D eigenvalue weighted by Gasteiger charge is -2.21. The van der Waals surface area contributed by atoms with Crippen LogP contribution in [0.5, 0.6) is 0 Å². The molecular formula is C10H13N3O2. The van der Waals surface area contributed by atoms with Crippen molar-refractivity contribution in [3.63, 3.8) is 0 Å². The number of hydrogen-bond donors (Lipinski definition) is 0. The molecule has 0 aliphatic carbocycles. The molecule has 15 heavy (non-hydrogen) atoms. The summed E-state index contributed by atoms with van der Waals surface area (Å²) in [5.74, 6) is 0. The van der Waals surface area contributed by atoms with Gasteiger partial charge in [-0.2, -0.15) is 0 Å². The van der Waals surface area contributed by atoms with E-state index >= 15 is 0 Å². The summed E-state index contributed by atoms with van der Waals surface area (Å²) in [6.45, 7) is 0. The molecule has 1 heterocycles. The van der Waals surface area contributed by atoms with Crippen LogP contribution in [0.3, 0.4) is 0 Å². The Kier molecular flexibility index (Phi) is 4.40. The molecule has 1 unspecified atom stereocenters. The zero-order valence-electron chi connectivity index (χ0n) is 8.54. The van der Waals surface area contributed by atoms with E-state index in [0.29, 0.717) is 12.8 Å². The van der Waals surface area contributed by atoms with Crippen molar-refractivity contribution in [3.05, 3.63) is 35.0 Å². The van der Waals surface area contributed by atoms with Crippen molar-refractivity contribution in [1.29, 1.82) is 0 Å². The van der Waals surface area contributed by atoms with E-state index in [2.05, 4.69) is 10.3 Å². The van der Waals surface area contributed by atoms with E-state index in [0.717, 1.165) is 11.8 Å². The first-order valence-corrected chi connectivity index (χ1v) is 4.69. The summed E-state index contributed by atoms with van der Waals surface area (Å²) in [6.07, 6.45) is 5.14. The molecule has 0 saturated carbocycles. The quantitative estimate of drug-likeness (QED) is 0.312. The maximum absolute atomic E-state index is 10.4. The Morgan fingerprint density at radius 3 is 3.00 bits per heavy atom. The summed E-state index contributed by atoms with van der Waals surface area (Å²) in [5.41, 5.74) is 0.890. The lowest BCUT2D eigenvalue weighted by Crippen LogP contribution is -2.18. The molecule has 0 saturated heterocycles.